The van der Waals surface area contributed by atoms with Crippen molar-refractivity contribution in [2.75, 3.05) is 0 Å². The summed E-state index contributed by atoms with van der Waals surface area (Å²) >= 11 is 0. The molecule has 62 valence electrons. The predicted octanol–water partition coefficient (Wildman–Crippen LogP) is 2.60. The van der Waals surface area contributed by atoms with E-state index in [1.165, 1.54) is 5.56 Å². The number of aryl methyl sites for hydroxylation is 1. The molecule has 0 spiro atoms. The van der Waals surface area contributed by atoms with E-state index in [4.69, 9.17) is 0 Å². The molecule has 0 aliphatic rings. The quantitative estimate of drug-likeness (QED) is 0.608. The van der Waals surface area contributed by atoms with Crippen molar-refractivity contribution in [3.8, 4) is 0 Å². The van der Waals surface area contributed by atoms with Crippen LogP contribution in [0.1, 0.15) is 18.1 Å². The van der Waals surface area contributed by atoms with E-state index in [9.17, 15) is 4.79 Å². The molecule has 12 heavy (non-hydrogen) atoms. The van der Waals surface area contributed by atoms with E-state index in [-0.39, 0.29) is 5.78 Å². The molecule has 0 unspecified atom stereocenters. The molecule has 0 saturated carbocycles. The Balaban J connectivity index is 2.83. The summed E-state index contributed by atoms with van der Waals surface area (Å²) in [6.45, 7) is 3.58. The molecule has 0 bridgehead atoms. The monoisotopic (exact) mass is 160 g/mol. The number of carbonyl (C=O) groups excluding carboxylic acids is 1. The van der Waals surface area contributed by atoms with Crippen LogP contribution in [0, 0.1) is 6.92 Å². The SMILES string of the molecule is CC(=O)/C=C/c1cccc(C)c1. The average molecular weight is 160 g/mol. The van der Waals surface area contributed by atoms with Crippen LogP contribution in [0.2, 0.25) is 0 Å². The van der Waals surface area contributed by atoms with Crippen LogP contribution in [-0.4, -0.2) is 5.78 Å². The molecule has 0 saturated heterocycles. The third-order valence-electron chi connectivity index (χ3n) is 1.55. The van der Waals surface area contributed by atoms with Crippen LogP contribution in [0.3, 0.4) is 0 Å². The van der Waals surface area contributed by atoms with E-state index in [0.29, 0.717) is 0 Å². The van der Waals surface area contributed by atoms with Crippen molar-refractivity contribution in [3.05, 3.63) is 41.5 Å². The summed E-state index contributed by atoms with van der Waals surface area (Å²) in [5.74, 6) is 0.0801. The zero-order valence-corrected chi connectivity index (χ0v) is 7.37. The van der Waals surface area contributed by atoms with Crippen LogP contribution >= 0.6 is 0 Å². The van der Waals surface area contributed by atoms with Crippen LogP contribution in [0.25, 0.3) is 6.08 Å². The lowest BCUT2D eigenvalue weighted by atomic mass is 10.1. The zero-order chi connectivity index (χ0) is 8.97. The van der Waals surface area contributed by atoms with Gasteiger partial charge in [-0.3, -0.25) is 4.79 Å². The number of ketones is 1. The Bertz CT molecular complexity index is 311. The first-order chi connectivity index (χ1) is 5.68. The second-order valence-corrected chi connectivity index (χ2v) is 2.86. The molecule has 1 nitrogen and oxygen atoms in total. The van der Waals surface area contributed by atoms with Crippen molar-refractivity contribution in [2.45, 2.75) is 13.8 Å². The first-order valence-electron chi connectivity index (χ1n) is 3.94. The van der Waals surface area contributed by atoms with Crippen molar-refractivity contribution in [1.82, 2.24) is 0 Å². The van der Waals surface area contributed by atoms with Crippen molar-refractivity contribution < 1.29 is 4.79 Å². The molecule has 1 rings (SSSR count). The highest BCUT2D eigenvalue weighted by molar-refractivity contribution is 5.91. The number of carbonyl (C=O) groups is 1. The van der Waals surface area contributed by atoms with E-state index >= 15 is 0 Å². The maximum Gasteiger partial charge on any atom is 0.152 e. The molecule has 0 N–H and O–H groups in total. The highest BCUT2D eigenvalue weighted by Crippen LogP contribution is 2.05. The van der Waals surface area contributed by atoms with E-state index < -0.39 is 0 Å². The average Bonchev–Trinajstić information content (AvgIpc) is 2.01. The third kappa shape index (κ3) is 2.70. The van der Waals surface area contributed by atoms with Gasteiger partial charge >= 0.3 is 0 Å². The smallest absolute Gasteiger partial charge is 0.152 e. The summed E-state index contributed by atoms with van der Waals surface area (Å²) in [4.78, 5) is 10.6. The van der Waals surface area contributed by atoms with Crippen LogP contribution < -0.4 is 0 Å². The summed E-state index contributed by atoms with van der Waals surface area (Å²) in [5, 5.41) is 0. The summed E-state index contributed by atoms with van der Waals surface area (Å²) < 4.78 is 0. The van der Waals surface area contributed by atoms with Crippen molar-refractivity contribution in [3.63, 3.8) is 0 Å². The molecule has 0 aromatic heterocycles. The van der Waals surface area contributed by atoms with Gasteiger partial charge in [-0.2, -0.15) is 0 Å². The van der Waals surface area contributed by atoms with Crippen LogP contribution in [0.4, 0.5) is 0 Å². The minimum absolute atomic E-state index is 0.0801. The predicted molar refractivity (Wildman–Crippen MR) is 50.9 cm³/mol. The Morgan fingerprint density at radius 2 is 2.17 bits per heavy atom. The molecule has 0 atom stereocenters. The largest absolute Gasteiger partial charge is 0.295 e. The number of allylic oxidation sites excluding steroid dienone is 1. The molecule has 0 heterocycles. The van der Waals surface area contributed by atoms with Gasteiger partial charge < -0.3 is 0 Å². The van der Waals surface area contributed by atoms with Crippen LogP contribution in [0.5, 0.6) is 0 Å². The highest BCUT2D eigenvalue weighted by Gasteiger charge is 1.87. The fraction of sp³-hybridized carbons (Fsp3) is 0.182. The van der Waals surface area contributed by atoms with E-state index in [1.54, 1.807) is 13.0 Å². The molecule has 0 fully saturated rings. The second kappa shape index (κ2) is 3.86. The molecule has 0 aliphatic heterocycles. The maximum absolute atomic E-state index is 10.6. The van der Waals surface area contributed by atoms with Crippen molar-refractivity contribution in [2.24, 2.45) is 0 Å². The third-order valence-corrected chi connectivity index (χ3v) is 1.55. The van der Waals surface area contributed by atoms with Gasteiger partial charge in [-0.1, -0.05) is 35.9 Å². The first-order valence-corrected chi connectivity index (χ1v) is 3.94. The number of hydrogen-bond donors (Lipinski definition) is 0. The lowest BCUT2D eigenvalue weighted by molar-refractivity contribution is -0.112. The molecule has 1 heteroatoms. The van der Waals surface area contributed by atoms with Crippen molar-refractivity contribution in [1.29, 1.82) is 0 Å². The zero-order valence-electron chi connectivity index (χ0n) is 7.37. The minimum Gasteiger partial charge on any atom is -0.295 e. The Morgan fingerprint density at radius 3 is 2.75 bits per heavy atom. The Kier molecular flexibility index (Phi) is 2.81. The van der Waals surface area contributed by atoms with Gasteiger partial charge in [0.05, 0.1) is 0 Å². The van der Waals surface area contributed by atoms with Gasteiger partial charge in [0, 0.05) is 0 Å². The van der Waals surface area contributed by atoms with E-state index in [0.717, 1.165) is 5.56 Å². The van der Waals surface area contributed by atoms with Crippen LogP contribution in [-0.2, 0) is 4.79 Å². The number of hydrogen-bond acceptors (Lipinski definition) is 1. The standard InChI is InChI=1S/C11H12O/c1-9-4-3-5-11(8-9)7-6-10(2)12/h3-8H,1-2H3/b7-6+. The topological polar surface area (TPSA) is 17.1 Å². The van der Waals surface area contributed by atoms with Gasteiger partial charge in [-0.05, 0) is 25.5 Å². The molecular weight excluding hydrogens is 148 g/mol. The van der Waals surface area contributed by atoms with Crippen LogP contribution in [0.15, 0.2) is 30.3 Å². The van der Waals surface area contributed by atoms with Gasteiger partial charge in [-0.25, -0.2) is 0 Å². The van der Waals surface area contributed by atoms with Gasteiger partial charge in [0.15, 0.2) is 5.78 Å². The summed E-state index contributed by atoms with van der Waals surface area (Å²) in [6, 6.07) is 8.03. The van der Waals surface area contributed by atoms with E-state index in [1.807, 2.05) is 37.3 Å². The Morgan fingerprint density at radius 1 is 1.42 bits per heavy atom. The Labute approximate surface area is 72.7 Å². The lowest BCUT2D eigenvalue weighted by Crippen LogP contribution is -1.80. The summed E-state index contributed by atoms with van der Waals surface area (Å²) in [7, 11) is 0. The van der Waals surface area contributed by atoms with E-state index in [2.05, 4.69) is 0 Å². The summed E-state index contributed by atoms with van der Waals surface area (Å²) in [5.41, 5.74) is 2.28. The van der Waals surface area contributed by atoms with Gasteiger partial charge in [0.2, 0.25) is 0 Å². The lowest BCUT2D eigenvalue weighted by Gasteiger charge is -1.93. The van der Waals surface area contributed by atoms with Gasteiger partial charge in [-0.15, -0.1) is 0 Å². The number of rotatable bonds is 2. The Hall–Kier alpha value is -1.37. The fourth-order valence-corrected chi connectivity index (χ4v) is 0.987. The molecule has 0 radical (unpaired) electrons. The van der Waals surface area contributed by atoms with Gasteiger partial charge in [0.1, 0.15) is 0 Å². The molecule has 1 aromatic rings. The maximum atomic E-state index is 10.6. The molecule has 0 aliphatic carbocycles. The normalized spacial score (nSPS) is 10.5. The molecule has 0 amide bonds. The number of benzene rings is 1. The van der Waals surface area contributed by atoms with Crippen molar-refractivity contribution >= 4 is 11.9 Å². The molecular formula is C11H12O. The summed E-state index contributed by atoms with van der Waals surface area (Å²) in [6.07, 6.45) is 3.41. The fourth-order valence-electron chi connectivity index (χ4n) is 0.987. The minimum atomic E-state index is 0.0801. The highest BCUT2D eigenvalue weighted by atomic mass is 16.1. The first kappa shape index (κ1) is 8.72. The second-order valence-electron chi connectivity index (χ2n) is 2.86. The molecule has 1 aromatic carbocycles. The van der Waals surface area contributed by atoms with Gasteiger partial charge in [0.25, 0.3) is 0 Å².